The van der Waals surface area contributed by atoms with Crippen molar-refractivity contribution in [1.29, 1.82) is 0 Å². The molecule has 3 atom stereocenters. The number of ether oxygens (including phenoxy) is 1. The van der Waals surface area contributed by atoms with Crippen molar-refractivity contribution < 1.29 is 28.7 Å². The number of carbonyl (C=O) groups excluding carboxylic acids is 1. The van der Waals surface area contributed by atoms with Crippen LogP contribution >= 0.6 is 15.9 Å². The van der Waals surface area contributed by atoms with Gasteiger partial charge in [-0.3, -0.25) is 10.1 Å². The number of carboxylic acid groups (broad SMARTS) is 1. The van der Waals surface area contributed by atoms with E-state index in [0.29, 0.717) is 12.4 Å². The maximum atomic E-state index is 14.5. The Morgan fingerprint density at radius 1 is 1.70 bits per heavy atom. The Morgan fingerprint density at radius 3 is 2.65 bits per heavy atom. The Labute approximate surface area is 139 Å². The predicted molar refractivity (Wildman–Crippen MR) is 82.3 cm³/mol. The highest BCUT2D eigenvalue weighted by molar-refractivity contribution is 9.10. The number of carboxylic acids is 1. The molecule has 7 nitrogen and oxygen atoms in total. The van der Waals surface area contributed by atoms with Gasteiger partial charge in [0.15, 0.2) is 0 Å². The van der Waals surface area contributed by atoms with Crippen LogP contribution < -0.4 is 0 Å². The van der Waals surface area contributed by atoms with Crippen LogP contribution in [0.4, 0.5) is 4.39 Å². The van der Waals surface area contributed by atoms with Crippen LogP contribution in [0.25, 0.3) is 0 Å². The molecule has 1 aliphatic rings. The molecular formula is C14H15BrFNO6. The highest BCUT2D eigenvalue weighted by Gasteiger charge is 2.61. The van der Waals surface area contributed by atoms with Crippen LogP contribution in [-0.4, -0.2) is 38.8 Å². The molecule has 1 aliphatic carbocycles. The van der Waals surface area contributed by atoms with Crippen LogP contribution in [0.2, 0.25) is 0 Å². The van der Waals surface area contributed by atoms with Gasteiger partial charge in [0.05, 0.1) is 15.9 Å². The summed E-state index contributed by atoms with van der Waals surface area (Å²) in [7, 11) is 0. The number of allylic oxidation sites excluding steroid dienone is 1. The first-order valence-electron chi connectivity index (χ1n) is 6.47. The standard InChI is InChI=1S/C14H15BrFNO6/c1-4-5-23-14(12(19)20)6-9(17(21)22)11(16)10(8(2)7-18)13(14,3)15/h4,6-8H,1,5H2,2-3H3,(H,19,20). The van der Waals surface area contributed by atoms with Crippen molar-refractivity contribution in [2.75, 3.05) is 6.61 Å². The molecule has 9 heteroatoms. The third kappa shape index (κ3) is 2.98. The quantitative estimate of drug-likeness (QED) is 0.234. The number of aldehydes is 1. The Balaban J connectivity index is 3.78. The summed E-state index contributed by atoms with van der Waals surface area (Å²) in [5.41, 5.74) is -3.71. The fourth-order valence-electron chi connectivity index (χ4n) is 2.46. The fourth-order valence-corrected chi connectivity index (χ4v) is 3.39. The number of hydrogen-bond acceptors (Lipinski definition) is 5. The molecule has 1 N–H and O–H groups in total. The average Bonchev–Trinajstić information content (AvgIpc) is 2.45. The van der Waals surface area contributed by atoms with Gasteiger partial charge in [0.1, 0.15) is 6.29 Å². The topological polar surface area (TPSA) is 107 Å². The van der Waals surface area contributed by atoms with Gasteiger partial charge in [0, 0.05) is 17.6 Å². The van der Waals surface area contributed by atoms with E-state index >= 15 is 0 Å². The number of hydrogen-bond donors (Lipinski definition) is 1. The molecule has 0 amide bonds. The van der Waals surface area contributed by atoms with E-state index in [0.717, 1.165) is 0 Å². The van der Waals surface area contributed by atoms with Gasteiger partial charge in [-0.25, -0.2) is 4.79 Å². The Kier molecular flexibility index (Phi) is 5.60. The predicted octanol–water partition coefficient (Wildman–Crippen LogP) is 2.40. The zero-order valence-electron chi connectivity index (χ0n) is 12.4. The second kappa shape index (κ2) is 6.71. The second-order valence-corrected chi connectivity index (χ2v) is 6.67. The normalized spacial score (nSPS) is 28.8. The molecule has 0 spiro atoms. The summed E-state index contributed by atoms with van der Waals surface area (Å²) in [6.45, 7) is 5.74. The van der Waals surface area contributed by atoms with Gasteiger partial charge in [-0.05, 0) is 6.92 Å². The Hall–Kier alpha value is -1.87. The molecule has 23 heavy (non-hydrogen) atoms. The van der Waals surface area contributed by atoms with E-state index < -0.39 is 38.3 Å². The summed E-state index contributed by atoms with van der Waals surface area (Å²) in [5, 5.41) is 20.7. The van der Waals surface area contributed by atoms with E-state index in [4.69, 9.17) is 4.74 Å². The van der Waals surface area contributed by atoms with E-state index in [9.17, 15) is 29.2 Å². The molecule has 0 heterocycles. The monoisotopic (exact) mass is 391 g/mol. The van der Waals surface area contributed by atoms with Crippen molar-refractivity contribution in [1.82, 2.24) is 0 Å². The summed E-state index contributed by atoms with van der Waals surface area (Å²) in [6.07, 6.45) is 2.23. The number of aliphatic carboxylic acids is 1. The van der Waals surface area contributed by atoms with Crippen LogP contribution in [0.5, 0.6) is 0 Å². The molecule has 0 aromatic rings. The first-order chi connectivity index (χ1) is 10.6. The van der Waals surface area contributed by atoms with Gasteiger partial charge in [0.2, 0.25) is 11.4 Å². The van der Waals surface area contributed by atoms with E-state index in [1.807, 2.05) is 0 Å². The molecule has 0 bridgehead atoms. The number of rotatable bonds is 7. The lowest BCUT2D eigenvalue weighted by atomic mass is 9.73. The first kappa shape index (κ1) is 19.2. The van der Waals surface area contributed by atoms with Gasteiger partial charge < -0.3 is 14.6 Å². The lowest BCUT2D eigenvalue weighted by molar-refractivity contribution is -0.424. The first-order valence-corrected chi connectivity index (χ1v) is 7.26. The van der Waals surface area contributed by atoms with E-state index in [-0.39, 0.29) is 12.2 Å². The number of nitro groups is 1. The molecule has 126 valence electrons. The van der Waals surface area contributed by atoms with Gasteiger partial charge in [-0.2, -0.15) is 4.39 Å². The molecule has 0 saturated carbocycles. The fraction of sp³-hybridized carbons (Fsp3) is 0.429. The van der Waals surface area contributed by atoms with Crippen molar-refractivity contribution in [3.8, 4) is 0 Å². The number of carbonyl (C=O) groups is 2. The SMILES string of the molecule is C=CCOC1(C(=O)O)C=C([N+](=O)[O-])C(F)=C(C(C)C=O)C1(C)Br. The maximum Gasteiger partial charge on any atom is 0.342 e. The van der Waals surface area contributed by atoms with Gasteiger partial charge in [0.25, 0.3) is 0 Å². The van der Waals surface area contributed by atoms with Gasteiger partial charge in [-0.15, -0.1) is 6.58 Å². The maximum absolute atomic E-state index is 14.5. The molecule has 0 aliphatic heterocycles. The van der Waals surface area contributed by atoms with Crippen LogP contribution in [0.15, 0.2) is 35.8 Å². The van der Waals surface area contributed by atoms with Crippen molar-refractivity contribution in [3.63, 3.8) is 0 Å². The molecule has 3 unspecified atom stereocenters. The van der Waals surface area contributed by atoms with Crippen LogP contribution in [0.3, 0.4) is 0 Å². The third-order valence-corrected chi connectivity index (χ3v) is 4.62. The van der Waals surface area contributed by atoms with Crippen molar-refractivity contribution in [2.45, 2.75) is 23.8 Å². The summed E-state index contributed by atoms with van der Waals surface area (Å²) in [4.78, 5) is 33.0. The molecule has 0 fully saturated rings. The largest absolute Gasteiger partial charge is 0.479 e. The molecule has 0 aromatic carbocycles. The number of halogens is 2. The van der Waals surface area contributed by atoms with Crippen LogP contribution in [0, 0.1) is 16.0 Å². The minimum absolute atomic E-state index is 0.251. The number of alkyl halides is 1. The zero-order valence-corrected chi connectivity index (χ0v) is 14.0. The lowest BCUT2D eigenvalue weighted by Gasteiger charge is -2.43. The molecule has 1 rings (SSSR count). The number of nitrogens with zero attached hydrogens (tertiary/aromatic N) is 1. The van der Waals surface area contributed by atoms with Crippen molar-refractivity contribution in [3.05, 3.63) is 45.9 Å². The van der Waals surface area contributed by atoms with Crippen LogP contribution in [-0.2, 0) is 14.3 Å². The van der Waals surface area contributed by atoms with Crippen molar-refractivity contribution >= 4 is 28.2 Å². The Bertz CT molecular complexity index is 627. The molecular weight excluding hydrogens is 377 g/mol. The van der Waals surface area contributed by atoms with E-state index in [2.05, 4.69) is 22.5 Å². The summed E-state index contributed by atoms with van der Waals surface area (Å²) in [6, 6.07) is 0. The minimum atomic E-state index is -2.29. The Morgan fingerprint density at radius 2 is 2.26 bits per heavy atom. The van der Waals surface area contributed by atoms with E-state index in [1.165, 1.54) is 19.9 Å². The minimum Gasteiger partial charge on any atom is -0.479 e. The van der Waals surface area contributed by atoms with Gasteiger partial charge in [-0.1, -0.05) is 28.9 Å². The third-order valence-electron chi connectivity index (χ3n) is 3.61. The zero-order chi connectivity index (χ0) is 18.0. The lowest BCUT2D eigenvalue weighted by Crippen LogP contribution is -2.59. The summed E-state index contributed by atoms with van der Waals surface area (Å²) in [5.74, 6) is -3.93. The highest BCUT2D eigenvalue weighted by atomic mass is 79.9. The summed E-state index contributed by atoms with van der Waals surface area (Å²) >= 11 is 3.11. The van der Waals surface area contributed by atoms with E-state index in [1.54, 1.807) is 0 Å². The second-order valence-electron chi connectivity index (χ2n) is 5.08. The molecule has 0 radical (unpaired) electrons. The average molecular weight is 392 g/mol. The van der Waals surface area contributed by atoms with Crippen molar-refractivity contribution in [2.24, 2.45) is 5.92 Å². The molecule has 0 aromatic heterocycles. The van der Waals surface area contributed by atoms with Gasteiger partial charge >= 0.3 is 11.7 Å². The highest BCUT2D eigenvalue weighted by Crippen LogP contribution is 2.50. The molecule has 0 saturated heterocycles. The van der Waals surface area contributed by atoms with Crippen LogP contribution in [0.1, 0.15) is 13.8 Å². The summed E-state index contributed by atoms with van der Waals surface area (Å²) < 4.78 is 18.1. The smallest absolute Gasteiger partial charge is 0.342 e.